The SMILES string of the molecule is CCCCOc1c(-c2ncc([C@@](C)(O)C(=O)OCC)cn2)ccc(CCCC)c1[SiH](C)C. The molecule has 0 unspecified atom stereocenters. The highest BCUT2D eigenvalue weighted by Crippen LogP contribution is 2.30. The summed E-state index contributed by atoms with van der Waals surface area (Å²) in [4.78, 5) is 21.1. The summed E-state index contributed by atoms with van der Waals surface area (Å²) < 4.78 is 11.3. The quantitative estimate of drug-likeness (QED) is 0.293. The molecule has 2 aromatic rings. The van der Waals surface area contributed by atoms with Crippen LogP contribution in [0.4, 0.5) is 0 Å². The second kappa shape index (κ2) is 12.1. The molecule has 1 aromatic carbocycles. The van der Waals surface area contributed by atoms with Crippen LogP contribution in [0.25, 0.3) is 11.4 Å². The summed E-state index contributed by atoms with van der Waals surface area (Å²) in [6.45, 7) is 12.9. The highest BCUT2D eigenvalue weighted by atomic mass is 28.3. The van der Waals surface area contributed by atoms with Crippen LogP contribution in [0.1, 0.15) is 64.5 Å². The van der Waals surface area contributed by atoms with Crippen molar-refractivity contribution in [2.24, 2.45) is 0 Å². The largest absolute Gasteiger partial charge is 0.493 e. The third kappa shape index (κ3) is 6.16. The Morgan fingerprint density at radius 1 is 1.09 bits per heavy atom. The lowest BCUT2D eigenvalue weighted by Gasteiger charge is -2.22. The maximum Gasteiger partial charge on any atom is 0.342 e. The average molecular weight is 459 g/mol. The molecule has 1 N–H and O–H groups in total. The van der Waals surface area contributed by atoms with Gasteiger partial charge in [0, 0.05) is 18.0 Å². The average Bonchev–Trinajstić information content (AvgIpc) is 2.77. The number of unbranched alkanes of at least 4 members (excludes halogenated alkanes) is 2. The molecule has 176 valence electrons. The summed E-state index contributed by atoms with van der Waals surface area (Å²) in [6.07, 6.45) is 8.38. The van der Waals surface area contributed by atoms with E-state index in [1.54, 1.807) is 6.92 Å². The van der Waals surface area contributed by atoms with E-state index in [-0.39, 0.29) is 6.61 Å². The van der Waals surface area contributed by atoms with Gasteiger partial charge in [0.25, 0.3) is 0 Å². The Hall–Kier alpha value is -2.25. The van der Waals surface area contributed by atoms with Crippen LogP contribution in [0.5, 0.6) is 5.75 Å². The molecule has 7 heteroatoms. The molecule has 0 aliphatic heterocycles. The number of carbonyl (C=O) groups excluding carboxylic acids is 1. The monoisotopic (exact) mass is 458 g/mol. The zero-order chi connectivity index (χ0) is 23.7. The van der Waals surface area contributed by atoms with Crippen molar-refractivity contribution in [3.63, 3.8) is 0 Å². The van der Waals surface area contributed by atoms with Gasteiger partial charge in [0.2, 0.25) is 0 Å². The van der Waals surface area contributed by atoms with Crippen LogP contribution in [0.15, 0.2) is 24.5 Å². The van der Waals surface area contributed by atoms with E-state index in [4.69, 9.17) is 9.47 Å². The van der Waals surface area contributed by atoms with E-state index >= 15 is 0 Å². The lowest BCUT2D eigenvalue weighted by atomic mass is 9.99. The van der Waals surface area contributed by atoms with Gasteiger partial charge in [0.15, 0.2) is 11.4 Å². The maximum absolute atomic E-state index is 12.1. The predicted molar refractivity (Wildman–Crippen MR) is 131 cm³/mol. The van der Waals surface area contributed by atoms with Gasteiger partial charge in [0.05, 0.1) is 27.6 Å². The Morgan fingerprint density at radius 3 is 2.31 bits per heavy atom. The van der Waals surface area contributed by atoms with Gasteiger partial charge in [-0.25, -0.2) is 14.8 Å². The molecule has 2 rings (SSSR count). The minimum absolute atomic E-state index is 0.193. The number of ether oxygens (including phenoxy) is 2. The van der Waals surface area contributed by atoms with Crippen molar-refractivity contribution in [3.05, 3.63) is 35.7 Å². The number of nitrogens with zero attached hydrogens (tertiary/aromatic N) is 2. The van der Waals surface area contributed by atoms with Gasteiger partial charge < -0.3 is 14.6 Å². The summed E-state index contributed by atoms with van der Waals surface area (Å²) >= 11 is 0. The topological polar surface area (TPSA) is 81.5 Å². The van der Waals surface area contributed by atoms with Crippen LogP contribution in [0.2, 0.25) is 13.1 Å². The van der Waals surface area contributed by atoms with E-state index in [1.807, 2.05) is 6.07 Å². The number of aromatic nitrogens is 2. The molecule has 32 heavy (non-hydrogen) atoms. The van der Waals surface area contributed by atoms with Gasteiger partial charge >= 0.3 is 5.97 Å². The molecule has 6 nitrogen and oxygen atoms in total. The van der Waals surface area contributed by atoms with Gasteiger partial charge in [-0.15, -0.1) is 0 Å². The van der Waals surface area contributed by atoms with E-state index in [1.165, 1.54) is 30.1 Å². The Kier molecular flexibility index (Phi) is 9.84. The number of aryl methyl sites for hydroxylation is 1. The first-order valence-corrected chi connectivity index (χ1v) is 14.7. The predicted octanol–water partition coefficient (Wildman–Crippen LogP) is 4.13. The number of aliphatic hydroxyl groups is 1. The van der Waals surface area contributed by atoms with E-state index in [0.29, 0.717) is 18.0 Å². The van der Waals surface area contributed by atoms with Crippen molar-refractivity contribution in [2.75, 3.05) is 13.2 Å². The molecule has 0 radical (unpaired) electrons. The van der Waals surface area contributed by atoms with Crippen LogP contribution in [0.3, 0.4) is 0 Å². The van der Waals surface area contributed by atoms with E-state index in [9.17, 15) is 9.90 Å². The molecule has 0 bridgehead atoms. The molecule has 1 atom stereocenters. The van der Waals surface area contributed by atoms with Gasteiger partial charge in [-0.05, 0) is 49.9 Å². The van der Waals surface area contributed by atoms with Crippen LogP contribution < -0.4 is 9.92 Å². The highest BCUT2D eigenvalue weighted by Gasteiger charge is 2.35. The number of hydrogen-bond donors (Lipinski definition) is 1. The summed E-state index contributed by atoms with van der Waals surface area (Å²) in [5.74, 6) is 0.713. The zero-order valence-electron chi connectivity index (χ0n) is 20.4. The van der Waals surface area contributed by atoms with Crippen molar-refractivity contribution in [3.8, 4) is 17.1 Å². The Balaban J connectivity index is 2.51. The Labute approximate surface area is 194 Å². The molecule has 1 aromatic heterocycles. The second-order valence-electron chi connectivity index (χ2n) is 8.56. The normalized spacial score (nSPS) is 13.1. The third-order valence-electron chi connectivity index (χ3n) is 5.54. The van der Waals surface area contributed by atoms with Crippen LogP contribution >= 0.6 is 0 Å². The van der Waals surface area contributed by atoms with Crippen molar-refractivity contribution in [2.45, 2.75) is 78.5 Å². The highest BCUT2D eigenvalue weighted by molar-refractivity contribution is 6.72. The first-order valence-electron chi connectivity index (χ1n) is 11.8. The molecule has 0 amide bonds. The Morgan fingerprint density at radius 2 is 1.75 bits per heavy atom. The van der Waals surface area contributed by atoms with E-state index < -0.39 is 20.4 Å². The maximum atomic E-state index is 12.1. The lowest BCUT2D eigenvalue weighted by Crippen LogP contribution is -2.34. The summed E-state index contributed by atoms with van der Waals surface area (Å²) in [7, 11) is -1.19. The smallest absolute Gasteiger partial charge is 0.342 e. The van der Waals surface area contributed by atoms with E-state index in [0.717, 1.165) is 43.4 Å². The zero-order valence-corrected chi connectivity index (χ0v) is 21.6. The number of hydrogen-bond acceptors (Lipinski definition) is 6. The summed E-state index contributed by atoms with van der Waals surface area (Å²) in [5.41, 5.74) is 0.728. The minimum atomic E-state index is -1.80. The first-order chi connectivity index (χ1) is 15.3. The second-order valence-corrected chi connectivity index (χ2v) is 11.5. The third-order valence-corrected chi connectivity index (χ3v) is 7.32. The van der Waals surface area contributed by atoms with Crippen LogP contribution in [-0.4, -0.2) is 43.1 Å². The van der Waals surface area contributed by atoms with Gasteiger partial charge in [-0.2, -0.15) is 0 Å². The molecule has 1 heterocycles. The van der Waals surface area contributed by atoms with Crippen LogP contribution in [0, 0.1) is 0 Å². The summed E-state index contributed by atoms with van der Waals surface area (Å²) in [6, 6.07) is 4.23. The van der Waals surface area contributed by atoms with Crippen molar-refractivity contribution in [1.29, 1.82) is 0 Å². The lowest BCUT2D eigenvalue weighted by molar-refractivity contribution is -0.164. The van der Waals surface area contributed by atoms with Gasteiger partial charge in [-0.1, -0.05) is 45.8 Å². The first kappa shape index (κ1) is 26.0. The number of carbonyl (C=O) groups is 1. The molecular weight excluding hydrogens is 420 g/mol. The summed E-state index contributed by atoms with van der Waals surface area (Å²) in [5, 5.41) is 12.0. The molecule has 0 fully saturated rings. The minimum Gasteiger partial charge on any atom is -0.493 e. The number of benzene rings is 1. The fraction of sp³-hybridized carbons (Fsp3) is 0.560. The molecule has 0 saturated heterocycles. The van der Waals surface area contributed by atoms with Crippen molar-refractivity contribution < 1.29 is 19.4 Å². The number of esters is 1. The Bertz CT molecular complexity index is 882. The van der Waals surface area contributed by atoms with Gasteiger partial charge in [-0.3, -0.25) is 0 Å². The molecular formula is C25H38N2O4Si. The van der Waals surface area contributed by atoms with Crippen molar-refractivity contribution in [1.82, 2.24) is 9.97 Å². The fourth-order valence-electron chi connectivity index (χ4n) is 3.62. The molecule has 0 saturated carbocycles. The molecule has 0 aliphatic rings. The molecule has 0 spiro atoms. The van der Waals surface area contributed by atoms with Crippen LogP contribution in [-0.2, 0) is 21.6 Å². The standard InChI is InChI=1S/C25H38N2O4Si/c1-7-10-12-18-13-14-20(21(22(18)32(5)6)31-15-11-8-2)23-26-16-19(17-27-23)25(4,29)24(28)30-9-3/h13-14,16-17,29,32H,7-12,15H2,1-6H3/t25-/m1/s1. The molecule has 0 aliphatic carbocycles. The van der Waals surface area contributed by atoms with Crippen molar-refractivity contribution >= 4 is 20.0 Å². The van der Waals surface area contributed by atoms with E-state index in [2.05, 4.69) is 43.0 Å². The van der Waals surface area contributed by atoms with Gasteiger partial charge in [0.1, 0.15) is 5.75 Å². The number of rotatable bonds is 12. The fourth-order valence-corrected chi connectivity index (χ4v) is 5.36.